The summed E-state index contributed by atoms with van der Waals surface area (Å²) in [4.78, 5) is 11.9. The Hall–Kier alpha value is -1.40. The van der Waals surface area contributed by atoms with Crippen LogP contribution in [-0.4, -0.2) is 47.2 Å². The minimum Gasteiger partial charge on any atom is -0.389 e. The molecule has 0 aliphatic carbocycles. The first-order valence-corrected chi connectivity index (χ1v) is 5.94. The largest absolute Gasteiger partial charge is 0.389 e. The van der Waals surface area contributed by atoms with E-state index in [0.717, 1.165) is 5.69 Å². The number of methoxy groups -OCH3 is 1. The fourth-order valence-electron chi connectivity index (χ4n) is 1.54. The van der Waals surface area contributed by atoms with Crippen molar-refractivity contribution in [1.29, 1.82) is 0 Å². The molecule has 102 valence electrons. The molecular weight excluding hydrogens is 234 g/mol. The van der Waals surface area contributed by atoms with E-state index in [2.05, 4.69) is 10.4 Å². The summed E-state index contributed by atoms with van der Waals surface area (Å²) in [5.41, 5.74) is 1.36. The van der Waals surface area contributed by atoms with Crippen LogP contribution in [0.3, 0.4) is 0 Å². The van der Waals surface area contributed by atoms with Gasteiger partial charge in [-0.2, -0.15) is 5.10 Å². The van der Waals surface area contributed by atoms with E-state index in [1.54, 1.807) is 17.8 Å². The molecule has 0 radical (unpaired) electrons. The van der Waals surface area contributed by atoms with E-state index in [-0.39, 0.29) is 25.0 Å². The highest BCUT2D eigenvalue weighted by Gasteiger charge is 2.15. The highest BCUT2D eigenvalue weighted by Crippen LogP contribution is 2.13. The van der Waals surface area contributed by atoms with Crippen LogP contribution >= 0.6 is 0 Å². The summed E-state index contributed by atoms with van der Waals surface area (Å²) in [5.74, 6) is 0.0314. The summed E-state index contributed by atoms with van der Waals surface area (Å²) >= 11 is 0. The lowest BCUT2D eigenvalue weighted by Crippen LogP contribution is -2.35. The van der Waals surface area contributed by atoms with Gasteiger partial charge in [0.05, 0.1) is 18.4 Å². The molecule has 0 fully saturated rings. The standard InChI is InChI=1S/C12H21N3O3/c1-8(2)10-5-11(15(3)14-10)12(17)13-6-9(16)7-18-4/h5,8-9,16H,6-7H2,1-4H3,(H,13,17). The smallest absolute Gasteiger partial charge is 0.269 e. The maximum atomic E-state index is 11.9. The van der Waals surface area contributed by atoms with Crippen LogP contribution in [0.5, 0.6) is 0 Å². The molecule has 0 bridgehead atoms. The van der Waals surface area contributed by atoms with Crippen molar-refractivity contribution in [2.75, 3.05) is 20.3 Å². The van der Waals surface area contributed by atoms with Crippen molar-refractivity contribution in [2.24, 2.45) is 7.05 Å². The molecule has 1 unspecified atom stereocenters. The van der Waals surface area contributed by atoms with Gasteiger partial charge in [0.15, 0.2) is 0 Å². The lowest BCUT2D eigenvalue weighted by molar-refractivity contribution is 0.0607. The Labute approximate surface area is 107 Å². The maximum Gasteiger partial charge on any atom is 0.269 e. The SMILES string of the molecule is COCC(O)CNC(=O)c1cc(C(C)C)nn1C. The van der Waals surface area contributed by atoms with Crippen molar-refractivity contribution in [3.63, 3.8) is 0 Å². The van der Waals surface area contributed by atoms with Crippen LogP contribution in [0.4, 0.5) is 0 Å². The Morgan fingerprint density at radius 2 is 2.28 bits per heavy atom. The van der Waals surface area contributed by atoms with Gasteiger partial charge >= 0.3 is 0 Å². The Kier molecular flexibility index (Phi) is 5.30. The van der Waals surface area contributed by atoms with Crippen LogP contribution < -0.4 is 5.32 Å². The summed E-state index contributed by atoms with van der Waals surface area (Å²) in [6, 6.07) is 1.77. The third-order valence-electron chi connectivity index (χ3n) is 2.58. The van der Waals surface area contributed by atoms with Crippen LogP contribution in [0.25, 0.3) is 0 Å². The molecule has 0 aliphatic rings. The number of aliphatic hydroxyl groups is 1. The van der Waals surface area contributed by atoms with Crippen molar-refractivity contribution in [3.8, 4) is 0 Å². The monoisotopic (exact) mass is 255 g/mol. The van der Waals surface area contributed by atoms with Crippen molar-refractivity contribution in [2.45, 2.75) is 25.9 Å². The fraction of sp³-hybridized carbons (Fsp3) is 0.667. The number of aromatic nitrogens is 2. The predicted molar refractivity (Wildman–Crippen MR) is 67.5 cm³/mol. The Morgan fingerprint density at radius 3 is 2.78 bits per heavy atom. The fourth-order valence-corrected chi connectivity index (χ4v) is 1.54. The number of nitrogens with zero attached hydrogens (tertiary/aromatic N) is 2. The lowest BCUT2D eigenvalue weighted by atomic mass is 10.1. The molecule has 1 atom stereocenters. The second-order valence-corrected chi connectivity index (χ2v) is 4.55. The molecule has 6 nitrogen and oxygen atoms in total. The van der Waals surface area contributed by atoms with Crippen molar-refractivity contribution < 1.29 is 14.6 Å². The summed E-state index contributed by atoms with van der Waals surface area (Å²) in [6.45, 7) is 4.40. The number of aryl methyl sites for hydroxylation is 1. The van der Waals surface area contributed by atoms with Crippen molar-refractivity contribution >= 4 is 5.91 Å². The van der Waals surface area contributed by atoms with Crippen LogP contribution in [0.15, 0.2) is 6.07 Å². The van der Waals surface area contributed by atoms with Crippen LogP contribution in [0.1, 0.15) is 35.9 Å². The molecule has 0 spiro atoms. The Balaban J connectivity index is 2.61. The molecule has 1 aromatic rings. The third-order valence-corrected chi connectivity index (χ3v) is 2.58. The number of aliphatic hydroxyl groups excluding tert-OH is 1. The van der Waals surface area contributed by atoms with Crippen molar-refractivity contribution in [3.05, 3.63) is 17.5 Å². The normalized spacial score (nSPS) is 12.8. The van der Waals surface area contributed by atoms with Gasteiger partial charge in [-0.15, -0.1) is 0 Å². The van der Waals surface area contributed by atoms with Gasteiger partial charge in [-0.1, -0.05) is 13.8 Å². The predicted octanol–water partition coefficient (Wildman–Crippen LogP) is 0.281. The maximum absolute atomic E-state index is 11.9. The van der Waals surface area contributed by atoms with E-state index < -0.39 is 6.10 Å². The first-order chi connectivity index (χ1) is 8.45. The second-order valence-electron chi connectivity index (χ2n) is 4.55. The van der Waals surface area contributed by atoms with Crippen LogP contribution in [0.2, 0.25) is 0 Å². The minimum absolute atomic E-state index is 0.162. The quantitative estimate of drug-likeness (QED) is 0.765. The summed E-state index contributed by atoms with van der Waals surface area (Å²) in [5, 5.41) is 16.4. The number of nitrogens with one attached hydrogen (secondary N) is 1. The van der Waals surface area contributed by atoms with E-state index in [0.29, 0.717) is 5.69 Å². The zero-order valence-corrected chi connectivity index (χ0v) is 11.3. The molecule has 2 N–H and O–H groups in total. The molecule has 18 heavy (non-hydrogen) atoms. The number of carbonyl (C=O) groups is 1. The average Bonchev–Trinajstić information content (AvgIpc) is 2.69. The molecule has 1 aromatic heterocycles. The van der Waals surface area contributed by atoms with Gasteiger partial charge in [-0.05, 0) is 12.0 Å². The average molecular weight is 255 g/mol. The summed E-state index contributed by atoms with van der Waals surface area (Å²) < 4.78 is 6.33. The molecule has 6 heteroatoms. The second kappa shape index (κ2) is 6.51. The number of carbonyl (C=O) groups excluding carboxylic acids is 1. The molecule has 1 rings (SSSR count). The van der Waals surface area contributed by atoms with E-state index in [9.17, 15) is 9.90 Å². The number of hydrogen-bond donors (Lipinski definition) is 2. The van der Waals surface area contributed by atoms with E-state index >= 15 is 0 Å². The summed E-state index contributed by atoms with van der Waals surface area (Å²) in [7, 11) is 3.23. The third kappa shape index (κ3) is 3.82. The topological polar surface area (TPSA) is 76.4 Å². The van der Waals surface area contributed by atoms with Gasteiger partial charge in [0.25, 0.3) is 5.91 Å². The van der Waals surface area contributed by atoms with Gasteiger partial charge < -0.3 is 15.2 Å². The van der Waals surface area contributed by atoms with E-state index in [1.807, 2.05) is 13.8 Å². The number of rotatable bonds is 6. The van der Waals surface area contributed by atoms with Crippen LogP contribution in [0, 0.1) is 0 Å². The van der Waals surface area contributed by atoms with Gasteiger partial charge in [0.2, 0.25) is 0 Å². The molecule has 0 aromatic carbocycles. The highest BCUT2D eigenvalue weighted by molar-refractivity contribution is 5.92. The van der Waals surface area contributed by atoms with E-state index in [4.69, 9.17) is 4.74 Å². The lowest BCUT2D eigenvalue weighted by Gasteiger charge is -2.10. The number of amides is 1. The first-order valence-electron chi connectivity index (χ1n) is 5.94. The molecular formula is C12H21N3O3. The summed E-state index contributed by atoms with van der Waals surface area (Å²) in [6.07, 6.45) is -0.697. The van der Waals surface area contributed by atoms with Gasteiger partial charge in [-0.3, -0.25) is 9.48 Å². The van der Waals surface area contributed by atoms with E-state index in [1.165, 1.54) is 7.11 Å². The Morgan fingerprint density at radius 1 is 1.61 bits per heavy atom. The van der Waals surface area contributed by atoms with Crippen molar-refractivity contribution in [1.82, 2.24) is 15.1 Å². The van der Waals surface area contributed by atoms with Gasteiger partial charge in [0, 0.05) is 20.7 Å². The van der Waals surface area contributed by atoms with Gasteiger partial charge in [0.1, 0.15) is 5.69 Å². The van der Waals surface area contributed by atoms with Crippen LogP contribution in [-0.2, 0) is 11.8 Å². The van der Waals surface area contributed by atoms with Gasteiger partial charge in [-0.25, -0.2) is 0 Å². The number of hydrogen-bond acceptors (Lipinski definition) is 4. The first kappa shape index (κ1) is 14.7. The highest BCUT2D eigenvalue weighted by atomic mass is 16.5. The minimum atomic E-state index is -0.697. The number of ether oxygens (including phenoxy) is 1. The Bertz CT molecular complexity index is 401. The molecule has 0 saturated carbocycles. The molecule has 1 amide bonds. The molecule has 0 saturated heterocycles. The zero-order chi connectivity index (χ0) is 13.7. The zero-order valence-electron chi connectivity index (χ0n) is 11.3. The molecule has 1 heterocycles. The molecule has 0 aliphatic heterocycles.